The van der Waals surface area contributed by atoms with Crippen LogP contribution in [-0.2, 0) is 15.8 Å². The molecule has 5 nitrogen and oxygen atoms in total. The van der Waals surface area contributed by atoms with Crippen molar-refractivity contribution >= 4 is 5.95 Å². The first-order valence-electron chi connectivity index (χ1n) is 7.93. The highest BCUT2D eigenvalue weighted by atomic mass is 16.5. The number of nitrogens with zero attached hydrogens (tertiary/aromatic N) is 3. The van der Waals surface area contributed by atoms with Gasteiger partial charge in [0, 0.05) is 12.0 Å². The summed E-state index contributed by atoms with van der Waals surface area (Å²) in [4.78, 5) is 13.4. The van der Waals surface area contributed by atoms with Gasteiger partial charge in [0.15, 0.2) is 5.82 Å². The Balaban J connectivity index is 2.43. The molecule has 0 unspecified atom stereocenters. The lowest BCUT2D eigenvalue weighted by Crippen LogP contribution is -2.37. The summed E-state index contributed by atoms with van der Waals surface area (Å²) < 4.78 is 6.12. The maximum atomic E-state index is 6.12. The quantitative estimate of drug-likeness (QED) is 0.926. The Hall–Kier alpha value is -1.23. The molecule has 21 heavy (non-hydrogen) atoms. The number of aromatic nitrogens is 3. The van der Waals surface area contributed by atoms with Gasteiger partial charge >= 0.3 is 0 Å². The van der Waals surface area contributed by atoms with E-state index in [0.29, 0.717) is 18.4 Å². The van der Waals surface area contributed by atoms with Gasteiger partial charge < -0.3 is 10.5 Å². The third-order valence-electron chi connectivity index (χ3n) is 4.23. The lowest BCUT2D eigenvalue weighted by Gasteiger charge is -2.38. The van der Waals surface area contributed by atoms with Crippen molar-refractivity contribution in [2.24, 2.45) is 5.92 Å². The third-order valence-corrected chi connectivity index (χ3v) is 4.23. The Morgan fingerprint density at radius 2 is 1.81 bits per heavy atom. The van der Waals surface area contributed by atoms with E-state index in [9.17, 15) is 0 Å². The van der Waals surface area contributed by atoms with Crippen molar-refractivity contribution in [2.45, 2.75) is 71.3 Å². The first-order chi connectivity index (χ1) is 9.77. The van der Waals surface area contributed by atoms with Gasteiger partial charge in [-0.1, -0.05) is 27.7 Å². The van der Waals surface area contributed by atoms with Crippen LogP contribution in [0.4, 0.5) is 5.95 Å². The fourth-order valence-electron chi connectivity index (χ4n) is 2.87. The van der Waals surface area contributed by atoms with Crippen molar-refractivity contribution in [3.8, 4) is 0 Å². The van der Waals surface area contributed by atoms with E-state index < -0.39 is 5.60 Å². The molecule has 5 heteroatoms. The average molecular weight is 292 g/mol. The van der Waals surface area contributed by atoms with Gasteiger partial charge in [0.25, 0.3) is 0 Å². The van der Waals surface area contributed by atoms with Gasteiger partial charge in [-0.2, -0.15) is 9.97 Å². The highest BCUT2D eigenvalue weighted by Gasteiger charge is 2.40. The summed E-state index contributed by atoms with van der Waals surface area (Å²) in [5.74, 6) is 2.49. The van der Waals surface area contributed by atoms with Crippen molar-refractivity contribution in [3.05, 3.63) is 11.6 Å². The summed E-state index contributed by atoms with van der Waals surface area (Å²) >= 11 is 0. The molecule has 1 aliphatic carbocycles. The number of nitrogen functional groups attached to an aromatic ring is 1. The molecular formula is C16H28N4O. The molecule has 0 saturated heterocycles. The minimum absolute atomic E-state index is 0.152. The van der Waals surface area contributed by atoms with Gasteiger partial charge in [0.1, 0.15) is 11.4 Å². The van der Waals surface area contributed by atoms with Gasteiger partial charge in [-0.05, 0) is 38.5 Å². The smallest absolute Gasteiger partial charge is 0.223 e. The zero-order valence-electron chi connectivity index (χ0n) is 13.9. The Morgan fingerprint density at radius 1 is 1.19 bits per heavy atom. The predicted molar refractivity (Wildman–Crippen MR) is 83.9 cm³/mol. The second kappa shape index (κ2) is 5.87. The molecule has 0 amide bonds. The Bertz CT molecular complexity index is 488. The van der Waals surface area contributed by atoms with Crippen molar-refractivity contribution in [1.82, 2.24) is 15.0 Å². The highest BCUT2D eigenvalue weighted by molar-refractivity contribution is 5.22. The highest BCUT2D eigenvalue weighted by Crippen LogP contribution is 2.41. The maximum absolute atomic E-state index is 6.12. The molecule has 0 radical (unpaired) electrons. The summed E-state index contributed by atoms with van der Waals surface area (Å²) in [6.07, 6.45) is 4.18. The normalized spacial score (nSPS) is 26.8. The van der Waals surface area contributed by atoms with Crippen molar-refractivity contribution in [2.75, 3.05) is 12.3 Å². The first kappa shape index (κ1) is 16.1. The minimum Gasteiger partial charge on any atom is -0.368 e. The van der Waals surface area contributed by atoms with Gasteiger partial charge in [0.05, 0.1) is 0 Å². The molecule has 118 valence electrons. The molecule has 1 aromatic rings. The SMILES string of the molecule is CCOC1(c2nc(N)nc(C(C)(C)C)n2)CCC(C)CC1. The standard InChI is InChI=1S/C16H28N4O/c1-6-21-16(9-7-11(2)8-10-16)13-18-12(15(3,4)5)19-14(17)20-13/h11H,6-10H2,1-5H3,(H2,17,18,19,20). The molecule has 0 aromatic carbocycles. The second-order valence-corrected chi connectivity index (χ2v) is 7.20. The Labute approximate surface area is 127 Å². The molecule has 0 spiro atoms. The molecule has 1 aliphatic rings. The van der Waals surface area contributed by atoms with Crippen LogP contribution in [0.5, 0.6) is 0 Å². The number of ether oxygens (including phenoxy) is 1. The lowest BCUT2D eigenvalue weighted by molar-refractivity contribution is -0.0839. The maximum Gasteiger partial charge on any atom is 0.223 e. The fourth-order valence-corrected chi connectivity index (χ4v) is 2.87. The third kappa shape index (κ3) is 3.51. The largest absolute Gasteiger partial charge is 0.368 e. The Kier molecular flexibility index (Phi) is 4.51. The van der Waals surface area contributed by atoms with Gasteiger partial charge in [-0.3, -0.25) is 0 Å². The zero-order chi connectivity index (χ0) is 15.7. The van der Waals surface area contributed by atoms with Crippen LogP contribution in [0.2, 0.25) is 0 Å². The van der Waals surface area contributed by atoms with E-state index in [1.54, 1.807) is 0 Å². The molecule has 2 rings (SSSR count). The molecule has 1 fully saturated rings. The number of anilines is 1. The van der Waals surface area contributed by atoms with Gasteiger partial charge in [-0.25, -0.2) is 4.98 Å². The second-order valence-electron chi connectivity index (χ2n) is 7.20. The van der Waals surface area contributed by atoms with Crippen LogP contribution in [0, 0.1) is 5.92 Å². The molecule has 0 aliphatic heterocycles. The molecule has 0 bridgehead atoms. The predicted octanol–water partition coefficient (Wildman–Crippen LogP) is 3.19. The zero-order valence-corrected chi connectivity index (χ0v) is 13.9. The van der Waals surface area contributed by atoms with E-state index in [2.05, 4.69) is 37.7 Å². The fraction of sp³-hybridized carbons (Fsp3) is 0.812. The van der Waals surface area contributed by atoms with Crippen LogP contribution in [0.1, 0.15) is 72.0 Å². The molecule has 1 saturated carbocycles. The first-order valence-corrected chi connectivity index (χ1v) is 7.93. The summed E-state index contributed by atoms with van der Waals surface area (Å²) in [6, 6.07) is 0. The van der Waals surface area contributed by atoms with Crippen molar-refractivity contribution < 1.29 is 4.74 Å². The molecule has 2 N–H and O–H groups in total. The summed E-state index contributed by atoms with van der Waals surface area (Å²) in [6.45, 7) is 11.2. The van der Waals surface area contributed by atoms with Crippen LogP contribution < -0.4 is 5.73 Å². The van der Waals surface area contributed by atoms with Gasteiger partial charge in [-0.15, -0.1) is 0 Å². The van der Waals surface area contributed by atoms with E-state index in [1.165, 1.54) is 0 Å². The number of hydrogen-bond acceptors (Lipinski definition) is 5. The average Bonchev–Trinajstić information content (AvgIpc) is 2.40. The van der Waals surface area contributed by atoms with Crippen LogP contribution in [-0.4, -0.2) is 21.6 Å². The monoisotopic (exact) mass is 292 g/mol. The van der Waals surface area contributed by atoms with E-state index in [1.807, 2.05) is 6.92 Å². The molecule has 1 aromatic heterocycles. The van der Waals surface area contributed by atoms with E-state index in [0.717, 1.165) is 37.4 Å². The van der Waals surface area contributed by atoms with E-state index >= 15 is 0 Å². The van der Waals surface area contributed by atoms with Crippen molar-refractivity contribution in [3.63, 3.8) is 0 Å². The van der Waals surface area contributed by atoms with Crippen LogP contribution >= 0.6 is 0 Å². The summed E-state index contributed by atoms with van der Waals surface area (Å²) in [5, 5.41) is 0. The number of rotatable bonds is 3. The molecular weight excluding hydrogens is 264 g/mol. The van der Waals surface area contributed by atoms with Crippen LogP contribution in [0.25, 0.3) is 0 Å². The van der Waals surface area contributed by atoms with E-state index in [-0.39, 0.29) is 5.41 Å². The Morgan fingerprint density at radius 3 is 2.33 bits per heavy atom. The molecule has 1 heterocycles. The topological polar surface area (TPSA) is 73.9 Å². The number of nitrogens with two attached hydrogens (primary N) is 1. The van der Waals surface area contributed by atoms with Crippen molar-refractivity contribution in [1.29, 1.82) is 0 Å². The lowest BCUT2D eigenvalue weighted by atomic mass is 9.78. The minimum atomic E-state index is -0.391. The van der Waals surface area contributed by atoms with Crippen LogP contribution in [0.3, 0.4) is 0 Å². The summed E-state index contributed by atoms with van der Waals surface area (Å²) in [5.41, 5.74) is 5.39. The molecule has 0 atom stereocenters. The van der Waals surface area contributed by atoms with Gasteiger partial charge in [0.2, 0.25) is 5.95 Å². The summed E-state index contributed by atoms with van der Waals surface area (Å²) in [7, 11) is 0. The number of hydrogen-bond donors (Lipinski definition) is 1. The van der Waals surface area contributed by atoms with Crippen LogP contribution in [0.15, 0.2) is 0 Å². The van der Waals surface area contributed by atoms with E-state index in [4.69, 9.17) is 15.5 Å².